The number of amides is 1. The van der Waals surface area contributed by atoms with Crippen molar-refractivity contribution in [2.75, 3.05) is 36.5 Å². The normalized spacial score (nSPS) is 14.6. The number of nitrogens with zero attached hydrogens (tertiary/aromatic N) is 4. The zero-order valence-electron chi connectivity index (χ0n) is 15.5. The number of carbonyl (C=O) groups excluding carboxylic acids is 1. The summed E-state index contributed by atoms with van der Waals surface area (Å²) in [5, 5.41) is 0. The fraction of sp³-hybridized carbons (Fsp3) is 0.450. The molecular weight excluding hydrogens is 328 g/mol. The highest BCUT2D eigenvalue weighted by atomic mass is 16.5. The Hall–Kier alpha value is -2.63. The van der Waals surface area contributed by atoms with E-state index >= 15 is 0 Å². The molecule has 1 aliphatic heterocycles. The zero-order valence-corrected chi connectivity index (χ0v) is 15.5. The van der Waals surface area contributed by atoms with E-state index in [0.29, 0.717) is 11.8 Å². The van der Waals surface area contributed by atoms with Gasteiger partial charge in [-0.15, -0.1) is 0 Å². The van der Waals surface area contributed by atoms with Crippen LogP contribution in [0.1, 0.15) is 31.4 Å². The number of aromatic nitrogens is 2. The number of anilines is 2. The van der Waals surface area contributed by atoms with E-state index in [9.17, 15) is 4.79 Å². The van der Waals surface area contributed by atoms with E-state index in [-0.39, 0.29) is 12.5 Å². The Labute approximate surface area is 154 Å². The maximum Gasteiger partial charge on any atom is 0.264 e. The standard InChI is InChI=1S/C20H26N4O2/c1-16-14-18(22-20(21-16)24-12-8-3-4-9-13-24)26-15-19(25)23(2)17-10-6-5-7-11-17/h5-7,10-11,14H,3-4,8-9,12-13,15H2,1-2H3. The molecular formula is C20H26N4O2. The molecule has 0 unspecified atom stereocenters. The van der Waals surface area contributed by atoms with Crippen molar-refractivity contribution in [3.63, 3.8) is 0 Å². The van der Waals surface area contributed by atoms with E-state index in [0.717, 1.165) is 37.3 Å². The third-order valence-corrected chi connectivity index (χ3v) is 4.57. The molecule has 1 fully saturated rings. The molecule has 1 saturated heterocycles. The van der Waals surface area contributed by atoms with Gasteiger partial charge in [0.25, 0.3) is 5.91 Å². The highest BCUT2D eigenvalue weighted by Crippen LogP contribution is 2.19. The van der Waals surface area contributed by atoms with Crippen LogP contribution < -0.4 is 14.5 Å². The van der Waals surface area contributed by atoms with Gasteiger partial charge in [-0.25, -0.2) is 4.98 Å². The fourth-order valence-corrected chi connectivity index (χ4v) is 3.04. The lowest BCUT2D eigenvalue weighted by Gasteiger charge is -2.21. The molecule has 0 spiro atoms. The molecule has 2 heterocycles. The lowest BCUT2D eigenvalue weighted by molar-refractivity contribution is -0.120. The minimum absolute atomic E-state index is 0.0543. The number of likely N-dealkylation sites (N-methyl/N-ethyl adjacent to an activating group) is 1. The average molecular weight is 354 g/mol. The van der Waals surface area contributed by atoms with Crippen molar-refractivity contribution in [2.24, 2.45) is 0 Å². The van der Waals surface area contributed by atoms with Crippen molar-refractivity contribution >= 4 is 17.5 Å². The van der Waals surface area contributed by atoms with E-state index in [4.69, 9.17) is 4.74 Å². The molecule has 26 heavy (non-hydrogen) atoms. The first kappa shape index (κ1) is 18.2. The molecule has 1 aliphatic rings. The SMILES string of the molecule is Cc1cc(OCC(=O)N(C)c2ccccc2)nc(N2CCCCCC2)n1. The van der Waals surface area contributed by atoms with Crippen LogP contribution in [0.2, 0.25) is 0 Å². The Morgan fingerprint density at radius 2 is 1.81 bits per heavy atom. The first-order valence-electron chi connectivity index (χ1n) is 9.18. The molecule has 6 nitrogen and oxygen atoms in total. The average Bonchev–Trinajstić information content (AvgIpc) is 2.95. The molecule has 0 bridgehead atoms. The molecule has 6 heteroatoms. The van der Waals surface area contributed by atoms with Gasteiger partial charge in [0, 0.05) is 37.6 Å². The van der Waals surface area contributed by atoms with Crippen molar-refractivity contribution < 1.29 is 9.53 Å². The monoisotopic (exact) mass is 354 g/mol. The lowest BCUT2D eigenvalue weighted by Crippen LogP contribution is -2.31. The first-order valence-corrected chi connectivity index (χ1v) is 9.18. The van der Waals surface area contributed by atoms with Gasteiger partial charge in [0.1, 0.15) is 0 Å². The minimum Gasteiger partial charge on any atom is -0.467 e. The van der Waals surface area contributed by atoms with Crippen LogP contribution in [0, 0.1) is 6.92 Å². The summed E-state index contributed by atoms with van der Waals surface area (Å²) >= 11 is 0. The van der Waals surface area contributed by atoms with Gasteiger partial charge in [0.2, 0.25) is 11.8 Å². The summed E-state index contributed by atoms with van der Waals surface area (Å²) in [4.78, 5) is 25.3. The topological polar surface area (TPSA) is 58.6 Å². The molecule has 0 atom stereocenters. The second-order valence-corrected chi connectivity index (χ2v) is 6.63. The number of ether oxygens (including phenoxy) is 1. The predicted molar refractivity (Wildman–Crippen MR) is 103 cm³/mol. The molecule has 0 aliphatic carbocycles. The predicted octanol–water partition coefficient (Wildman–Crippen LogP) is 3.21. The van der Waals surface area contributed by atoms with Crippen LogP contribution >= 0.6 is 0 Å². The van der Waals surface area contributed by atoms with Crippen LogP contribution in [0.5, 0.6) is 5.88 Å². The summed E-state index contributed by atoms with van der Waals surface area (Å²) in [7, 11) is 1.74. The summed E-state index contributed by atoms with van der Waals surface area (Å²) < 4.78 is 5.68. The molecule has 3 rings (SSSR count). The number of carbonyl (C=O) groups is 1. The van der Waals surface area contributed by atoms with Crippen molar-refractivity contribution in [3.8, 4) is 5.88 Å². The molecule has 1 aromatic carbocycles. The summed E-state index contributed by atoms with van der Waals surface area (Å²) in [5.41, 5.74) is 1.68. The third-order valence-electron chi connectivity index (χ3n) is 4.57. The molecule has 0 radical (unpaired) electrons. The van der Waals surface area contributed by atoms with Crippen LogP contribution in [-0.2, 0) is 4.79 Å². The molecule has 1 amide bonds. The highest BCUT2D eigenvalue weighted by Gasteiger charge is 2.16. The Kier molecular flexibility index (Phi) is 6.04. The van der Waals surface area contributed by atoms with Gasteiger partial charge in [-0.3, -0.25) is 4.79 Å². The van der Waals surface area contributed by atoms with Gasteiger partial charge in [-0.05, 0) is 31.9 Å². The van der Waals surface area contributed by atoms with Gasteiger partial charge in [-0.1, -0.05) is 31.0 Å². The van der Waals surface area contributed by atoms with E-state index in [2.05, 4.69) is 14.9 Å². The van der Waals surface area contributed by atoms with Gasteiger partial charge in [-0.2, -0.15) is 4.98 Å². The van der Waals surface area contributed by atoms with Crippen molar-refractivity contribution in [2.45, 2.75) is 32.6 Å². The number of hydrogen-bond donors (Lipinski definition) is 0. The van der Waals surface area contributed by atoms with Crippen LogP contribution in [0.15, 0.2) is 36.4 Å². The summed E-state index contributed by atoms with van der Waals surface area (Å²) in [6.07, 6.45) is 4.83. The molecule has 0 N–H and O–H groups in total. The van der Waals surface area contributed by atoms with Crippen LogP contribution in [-0.4, -0.2) is 42.6 Å². The molecule has 2 aromatic rings. The third kappa shape index (κ3) is 4.71. The zero-order chi connectivity index (χ0) is 18.4. The number of benzene rings is 1. The van der Waals surface area contributed by atoms with Crippen LogP contribution in [0.25, 0.3) is 0 Å². The van der Waals surface area contributed by atoms with E-state index in [1.54, 1.807) is 18.0 Å². The number of hydrogen-bond acceptors (Lipinski definition) is 5. The van der Waals surface area contributed by atoms with Crippen molar-refractivity contribution in [1.82, 2.24) is 9.97 Å². The highest BCUT2D eigenvalue weighted by molar-refractivity contribution is 5.93. The van der Waals surface area contributed by atoms with E-state index in [1.807, 2.05) is 37.3 Å². The van der Waals surface area contributed by atoms with Gasteiger partial charge < -0.3 is 14.5 Å². The Balaban J connectivity index is 1.65. The number of para-hydroxylation sites is 1. The first-order chi connectivity index (χ1) is 12.6. The van der Waals surface area contributed by atoms with Crippen LogP contribution in [0.3, 0.4) is 0 Å². The Morgan fingerprint density at radius 3 is 2.50 bits per heavy atom. The minimum atomic E-state index is -0.121. The van der Waals surface area contributed by atoms with Crippen LogP contribution in [0.4, 0.5) is 11.6 Å². The number of aryl methyl sites for hydroxylation is 1. The van der Waals surface area contributed by atoms with E-state index in [1.165, 1.54) is 12.8 Å². The quantitative estimate of drug-likeness (QED) is 0.825. The van der Waals surface area contributed by atoms with Crippen molar-refractivity contribution in [1.29, 1.82) is 0 Å². The molecule has 138 valence electrons. The lowest BCUT2D eigenvalue weighted by atomic mass is 10.2. The van der Waals surface area contributed by atoms with Gasteiger partial charge in [0.05, 0.1) is 0 Å². The molecule has 1 aromatic heterocycles. The molecule has 0 saturated carbocycles. The maximum absolute atomic E-state index is 12.4. The fourth-order valence-electron chi connectivity index (χ4n) is 3.04. The summed E-state index contributed by atoms with van der Waals surface area (Å²) in [6.45, 7) is 3.81. The smallest absolute Gasteiger partial charge is 0.264 e. The Morgan fingerprint density at radius 1 is 1.12 bits per heavy atom. The largest absolute Gasteiger partial charge is 0.467 e. The van der Waals surface area contributed by atoms with E-state index < -0.39 is 0 Å². The Bertz CT molecular complexity index is 728. The number of rotatable bonds is 5. The second-order valence-electron chi connectivity index (χ2n) is 6.63. The van der Waals surface area contributed by atoms with Gasteiger partial charge >= 0.3 is 0 Å². The summed E-state index contributed by atoms with van der Waals surface area (Å²) in [6, 6.07) is 11.3. The van der Waals surface area contributed by atoms with Gasteiger partial charge in [0.15, 0.2) is 6.61 Å². The summed E-state index contributed by atoms with van der Waals surface area (Å²) in [5.74, 6) is 1.03. The van der Waals surface area contributed by atoms with Crippen molar-refractivity contribution in [3.05, 3.63) is 42.1 Å². The second kappa shape index (κ2) is 8.65. The maximum atomic E-state index is 12.4.